The second-order valence-electron chi connectivity index (χ2n) is 6.10. The minimum Gasteiger partial charge on any atom is -0.494 e. The minimum atomic E-state index is -0.309. The Bertz CT molecular complexity index is 827. The van der Waals surface area contributed by atoms with Gasteiger partial charge < -0.3 is 15.0 Å². The summed E-state index contributed by atoms with van der Waals surface area (Å²) in [5, 5.41) is 2.89. The van der Waals surface area contributed by atoms with Crippen LogP contribution < -0.4 is 10.1 Å². The lowest BCUT2D eigenvalue weighted by Gasteiger charge is -2.32. The summed E-state index contributed by atoms with van der Waals surface area (Å²) in [5.41, 5.74) is 2.71. The number of ether oxygens (including phenoxy) is 1. The van der Waals surface area contributed by atoms with Crippen LogP contribution in [0.5, 0.6) is 5.75 Å². The van der Waals surface area contributed by atoms with E-state index in [4.69, 9.17) is 4.74 Å². The van der Waals surface area contributed by atoms with Crippen molar-refractivity contribution in [3.63, 3.8) is 0 Å². The van der Waals surface area contributed by atoms with E-state index in [0.29, 0.717) is 12.3 Å². The molecule has 26 heavy (non-hydrogen) atoms. The first-order chi connectivity index (χ1) is 12.6. The van der Waals surface area contributed by atoms with Gasteiger partial charge in [0.15, 0.2) is 0 Å². The Balaban J connectivity index is 1.74. The van der Waals surface area contributed by atoms with Gasteiger partial charge in [0.05, 0.1) is 19.1 Å². The zero-order valence-electron chi connectivity index (χ0n) is 14.9. The molecule has 0 fully saturated rings. The molecular formula is C21H22N2O3. The Kier molecular flexibility index (Phi) is 5.37. The molecule has 5 nitrogen and oxygen atoms in total. The molecule has 0 saturated carbocycles. The van der Waals surface area contributed by atoms with Crippen LogP contribution in [0.25, 0.3) is 6.08 Å². The number of carbonyl (C=O) groups is 2. The van der Waals surface area contributed by atoms with Crippen LogP contribution in [0, 0.1) is 0 Å². The van der Waals surface area contributed by atoms with Crippen LogP contribution in [0.3, 0.4) is 0 Å². The van der Waals surface area contributed by atoms with Gasteiger partial charge in [0, 0.05) is 18.8 Å². The highest BCUT2D eigenvalue weighted by atomic mass is 16.5. The number of nitrogens with zero attached hydrogens (tertiary/aromatic N) is 1. The van der Waals surface area contributed by atoms with E-state index >= 15 is 0 Å². The summed E-state index contributed by atoms with van der Waals surface area (Å²) in [5.74, 6) is 0.532. The molecule has 3 rings (SSSR count). The number of hydrogen-bond acceptors (Lipinski definition) is 3. The van der Waals surface area contributed by atoms with Crippen molar-refractivity contribution < 1.29 is 14.3 Å². The summed E-state index contributed by atoms with van der Waals surface area (Å²) in [6.45, 7) is 4.03. The first-order valence-electron chi connectivity index (χ1n) is 8.67. The number of nitrogens with one attached hydrogen (secondary N) is 1. The molecule has 0 radical (unpaired) electrons. The van der Waals surface area contributed by atoms with E-state index in [-0.39, 0.29) is 24.3 Å². The molecule has 1 N–H and O–H groups in total. The molecule has 0 spiro atoms. The summed E-state index contributed by atoms with van der Waals surface area (Å²) >= 11 is 0. The van der Waals surface area contributed by atoms with Crippen LogP contribution in [-0.4, -0.2) is 23.3 Å². The Morgan fingerprint density at radius 3 is 2.54 bits per heavy atom. The summed E-state index contributed by atoms with van der Waals surface area (Å²) < 4.78 is 5.40. The first kappa shape index (κ1) is 17.7. The third-order valence-electron chi connectivity index (χ3n) is 4.30. The van der Waals surface area contributed by atoms with Crippen molar-refractivity contribution >= 4 is 23.6 Å². The lowest BCUT2D eigenvalue weighted by molar-refractivity contribution is -0.129. The van der Waals surface area contributed by atoms with Gasteiger partial charge in [0.25, 0.3) is 0 Å². The highest BCUT2D eigenvalue weighted by molar-refractivity contribution is 5.92. The minimum absolute atomic E-state index is 0.0883. The molecule has 2 aromatic rings. The average Bonchev–Trinajstić information content (AvgIpc) is 2.63. The Labute approximate surface area is 153 Å². The number of carbonyl (C=O) groups excluding carboxylic acids is 2. The fourth-order valence-corrected chi connectivity index (χ4v) is 3.10. The van der Waals surface area contributed by atoms with Gasteiger partial charge in [-0.1, -0.05) is 24.3 Å². The van der Waals surface area contributed by atoms with Gasteiger partial charge in [-0.25, -0.2) is 0 Å². The molecule has 2 aromatic carbocycles. The predicted octanol–water partition coefficient (Wildman–Crippen LogP) is 3.99. The predicted molar refractivity (Wildman–Crippen MR) is 102 cm³/mol. The maximum atomic E-state index is 12.6. The molecule has 134 valence electrons. The van der Waals surface area contributed by atoms with E-state index in [1.807, 2.05) is 49.4 Å². The second-order valence-corrected chi connectivity index (χ2v) is 6.10. The first-order valence-corrected chi connectivity index (χ1v) is 8.67. The Morgan fingerprint density at radius 1 is 1.12 bits per heavy atom. The number of rotatable bonds is 5. The lowest BCUT2D eigenvalue weighted by atomic mass is 9.93. The van der Waals surface area contributed by atoms with Gasteiger partial charge in [0.2, 0.25) is 11.8 Å². The molecule has 5 heteroatoms. The maximum absolute atomic E-state index is 12.6. The summed E-state index contributed by atoms with van der Waals surface area (Å²) in [6, 6.07) is 14.8. The fourth-order valence-electron chi connectivity index (χ4n) is 3.10. The monoisotopic (exact) mass is 350 g/mol. The number of anilines is 1. The van der Waals surface area contributed by atoms with Crippen LogP contribution in [0.2, 0.25) is 0 Å². The van der Waals surface area contributed by atoms with Crippen LogP contribution >= 0.6 is 0 Å². The molecule has 2 amide bonds. The summed E-state index contributed by atoms with van der Waals surface area (Å²) in [6.07, 6.45) is 3.84. The van der Waals surface area contributed by atoms with E-state index < -0.39 is 0 Å². The van der Waals surface area contributed by atoms with Crippen LogP contribution in [-0.2, 0) is 9.59 Å². The quantitative estimate of drug-likeness (QED) is 0.887. The molecule has 1 heterocycles. The third kappa shape index (κ3) is 3.94. The molecule has 1 aliphatic rings. The number of fused-ring (bicyclic) bond motifs is 1. The van der Waals surface area contributed by atoms with Gasteiger partial charge in [0.1, 0.15) is 5.75 Å². The maximum Gasteiger partial charge on any atom is 0.226 e. The SMILES string of the molecule is CCOc1ccc(NC(=O)CC2c3ccccc3C=CN2C(C)=O)cc1. The summed E-state index contributed by atoms with van der Waals surface area (Å²) in [7, 11) is 0. The van der Waals surface area contributed by atoms with Crippen LogP contribution in [0.1, 0.15) is 37.4 Å². The summed E-state index contributed by atoms with van der Waals surface area (Å²) in [4.78, 5) is 26.2. The third-order valence-corrected chi connectivity index (χ3v) is 4.30. The Hall–Kier alpha value is -3.08. The van der Waals surface area contributed by atoms with Gasteiger partial charge in [-0.15, -0.1) is 0 Å². The zero-order valence-corrected chi connectivity index (χ0v) is 14.9. The molecule has 0 bridgehead atoms. The van der Waals surface area contributed by atoms with Crippen molar-refractivity contribution in [2.45, 2.75) is 26.3 Å². The molecule has 0 aliphatic carbocycles. The lowest BCUT2D eigenvalue weighted by Crippen LogP contribution is -2.33. The molecule has 1 unspecified atom stereocenters. The average molecular weight is 350 g/mol. The molecule has 1 aliphatic heterocycles. The highest BCUT2D eigenvalue weighted by Gasteiger charge is 2.28. The van der Waals surface area contributed by atoms with Crippen molar-refractivity contribution in [1.29, 1.82) is 0 Å². The van der Waals surface area contributed by atoms with Crippen molar-refractivity contribution in [3.05, 3.63) is 65.9 Å². The highest BCUT2D eigenvalue weighted by Crippen LogP contribution is 2.33. The van der Waals surface area contributed by atoms with E-state index in [0.717, 1.165) is 16.9 Å². The van der Waals surface area contributed by atoms with Crippen molar-refractivity contribution in [1.82, 2.24) is 4.90 Å². The van der Waals surface area contributed by atoms with Gasteiger partial charge in [-0.3, -0.25) is 9.59 Å². The largest absolute Gasteiger partial charge is 0.494 e. The topological polar surface area (TPSA) is 58.6 Å². The standard InChI is InChI=1S/C21H22N2O3/c1-3-26-18-10-8-17(9-11-18)22-21(25)14-20-19-7-5-4-6-16(19)12-13-23(20)15(2)24/h4-13,20H,3,14H2,1-2H3,(H,22,25). The molecule has 0 aromatic heterocycles. The van der Waals surface area contributed by atoms with Gasteiger partial charge in [-0.2, -0.15) is 0 Å². The van der Waals surface area contributed by atoms with E-state index in [1.54, 1.807) is 23.2 Å². The zero-order chi connectivity index (χ0) is 18.5. The normalized spacial score (nSPS) is 15.3. The fraction of sp³-hybridized carbons (Fsp3) is 0.238. The van der Waals surface area contributed by atoms with Gasteiger partial charge >= 0.3 is 0 Å². The van der Waals surface area contributed by atoms with Crippen molar-refractivity contribution in [2.75, 3.05) is 11.9 Å². The van der Waals surface area contributed by atoms with Crippen molar-refractivity contribution in [3.8, 4) is 5.75 Å². The van der Waals surface area contributed by atoms with Crippen molar-refractivity contribution in [2.24, 2.45) is 0 Å². The van der Waals surface area contributed by atoms with Crippen LogP contribution in [0.4, 0.5) is 5.69 Å². The Morgan fingerprint density at radius 2 is 1.85 bits per heavy atom. The number of hydrogen-bond donors (Lipinski definition) is 1. The van der Waals surface area contributed by atoms with Gasteiger partial charge in [-0.05, 0) is 48.4 Å². The number of benzene rings is 2. The number of amides is 2. The smallest absolute Gasteiger partial charge is 0.226 e. The van der Waals surface area contributed by atoms with E-state index in [9.17, 15) is 9.59 Å². The van der Waals surface area contributed by atoms with Crippen LogP contribution in [0.15, 0.2) is 54.7 Å². The molecule has 1 atom stereocenters. The molecular weight excluding hydrogens is 328 g/mol. The second kappa shape index (κ2) is 7.87. The van der Waals surface area contributed by atoms with E-state index in [2.05, 4.69) is 5.32 Å². The molecule has 0 saturated heterocycles. The van der Waals surface area contributed by atoms with E-state index in [1.165, 1.54) is 6.92 Å².